The minimum atomic E-state index is -1.03. The van der Waals surface area contributed by atoms with Crippen LogP contribution in [0.2, 0.25) is 0 Å². The lowest BCUT2D eigenvalue weighted by Gasteiger charge is -2.08. The molecule has 4 nitrogen and oxygen atoms in total. The van der Waals surface area contributed by atoms with E-state index in [1.54, 1.807) is 12.1 Å². The molecular formula is C10H12O4. The second-order valence-corrected chi connectivity index (χ2v) is 2.88. The van der Waals surface area contributed by atoms with Gasteiger partial charge in [-0.3, -0.25) is 0 Å². The van der Waals surface area contributed by atoms with Crippen molar-refractivity contribution in [2.24, 2.45) is 0 Å². The fraction of sp³-hybridized carbons (Fsp3) is 0.300. The highest BCUT2D eigenvalue weighted by atomic mass is 16.5. The monoisotopic (exact) mass is 196 g/mol. The van der Waals surface area contributed by atoms with Gasteiger partial charge in [-0.25, -0.2) is 4.79 Å². The van der Waals surface area contributed by atoms with Crippen molar-refractivity contribution in [1.82, 2.24) is 0 Å². The SMILES string of the molecule is Cc1ccc(C(=O)O)c(OCCO)c1. The minimum Gasteiger partial charge on any atom is -0.490 e. The molecule has 76 valence electrons. The summed E-state index contributed by atoms with van der Waals surface area (Å²) in [6, 6.07) is 4.83. The van der Waals surface area contributed by atoms with Crippen LogP contribution in [0.5, 0.6) is 5.75 Å². The van der Waals surface area contributed by atoms with E-state index in [1.807, 2.05) is 6.92 Å². The van der Waals surface area contributed by atoms with Crippen molar-refractivity contribution < 1.29 is 19.7 Å². The van der Waals surface area contributed by atoms with Gasteiger partial charge in [0.15, 0.2) is 0 Å². The second-order valence-electron chi connectivity index (χ2n) is 2.88. The van der Waals surface area contributed by atoms with Gasteiger partial charge in [-0.15, -0.1) is 0 Å². The first kappa shape index (κ1) is 10.5. The first-order valence-corrected chi connectivity index (χ1v) is 4.22. The Kier molecular flexibility index (Phi) is 3.48. The van der Waals surface area contributed by atoms with Gasteiger partial charge in [0.05, 0.1) is 6.61 Å². The molecule has 0 saturated carbocycles. The van der Waals surface area contributed by atoms with Gasteiger partial charge in [0.2, 0.25) is 0 Å². The topological polar surface area (TPSA) is 66.8 Å². The lowest BCUT2D eigenvalue weighted by Crippen LogP contribution is -2.07. The van der Waals surface area contributed by atoms with E-state index >= 15 is 0 Å². The van der Waals surface area contributed by atoms with Crippen molar-refractivity contribution in [3.05, 3.63) is 29.3 Å². The molecule has 0 unspecified atom stereocenters. The maximum Gasteiger partial charge on any atom is 0.339 e. The van der Waals surface area contributed by atoms with Crippen LogP contribution in [0.1, 0.15) is 15.9 Å². The summed E-state index contributed by atoms with van der Waals surface area (Å²) in [5, 5.41) is 17.4. The summed E-state index contributed by atoms with van der Waals surface area (Å²) in [5.74, 6) is -0.732. The Balaban J connectivity index is 2.97. The van der Waals surface area contributed by atoms with Gasteiger partial charge in [-0.2, -0.15) is 0 Å². The predicted octanol–water partition coefficient (Wildman–Crippen LogP) is 1.06. The third kappa shape index (κ3) is 2.47. The third-order valence-electron chi connectivity index (χ3n) is 1.72. The number of benzene rings is 1. The Morgan fingerprint density at radius 1 is 1.50 bits per heavy atom. The molecule has 0 aliphatic carbocycles. The highest BCUT2D eigenvalue weighted by molar-refractivity contribution is 5.90. The van der Waals surface area contributed by atoms with Crippen LogP contribution >= 0.6 is 0 Å². The van der Waals surface area contributed by atoms with Gasteiger partial charge in [0, 0.05) is 0 Å². The fourth-order valence-electron chi connectivity index (χ4n) is 1.08. The zero-order valence-corrected chi connectivity index (χ0v) is 7.86. The van der Waals surface area contributed by atoms with Crippen LogP contribution < -0.4 is 4.74 Å². The van der Waals surface area contributed by atoms with E-state index in [-0.39, 0.29) is 18.8 Å². The number of carboxylic acid groups (broad SMARTS) is 1. The zero-order valence-electron chi connectivity index (χ0n) is 7.86. The van der Waals surface area contributed by atoms with E-state index in [2.05, 4.69) is 0 Å². The van der Waals surface area contributed by atoms with Crippen molar-refractivity contribution in [2.45, 2.75) is 6.92 Å². The molecule has 0 aliphatic heterocycles. The Hall–Kier alpha value is -1.55. The van der Waals surface area contributed by atoms with E-state index in [9.17, 15) is 4.79 Å². The van der Waals surface area contributed by atoms with Gasteiger partial charge in [-0.1, -0.05) is 6.07 Å². The fourth-order valence-corrected chi connectivity index (χ4v) is 1.08. The number of aryl methyl sites for hydroxylation is 1. The number of aliphatic hydroxyl groups is 1. The summed E-state index contributed by atoms with van der Waals surface area (Å²) in [6.45, 7) is 1.81. The van der Waals surface area contributed by atoms with Crippen molar-refractivity contribution in [3.8, 4) is 5.75 Å². The van der Waals surface area contributed by atoms with Crippen LogP contribution in [0.15, 0.2) is 18.2 Å². The Bertz CT molecular complexity index is 333. The van der Waals surface area contributed by atoms with Crippen LogP contribution in [0.3, 0.4) is 0 Å². The van der Waals surface area contributed by atoms with Gasteiger partial charge >= 0.3 is 5.97 Å². The number of carbonyl (C=O) groups is 1. The summed E-state index contributed by atoms with van der Waals surface area (Å²) in [7, 11) is 0. The van der Waals surface area contributed by atoms with E-state index in [0.29, 0.717) is 5.75 Å². The van der Waals surface area contributed by atoms with Crippen LogP contribution in [-0.2, 0) is 0 Å². The van der Waals surface area contributed by atoms with Crippen LogP contribution in [0, 0.1) is 6.92 Å². The summed E-state index contributed by atoms with van der Waals surface area (Å²) in [5.41, 5.74) is 1.03. The van der Waals surface area contributed by atoms with Crippen molar-refractivity contribution in [3.63, 3.8) is 0 Å². The molecule has 0 aliphatic rings. The van der Waals surface area contributed by atoms with Gasteiger partial charge in [-0.05, 0) is 24.6 Å². The number of carboxylic acids is 1. The van der Waals surface area contributed by atoms with Gasteiger partial charge in [0.1, 0.15) is 17.9 Å². The molecule has 0 amide bonds. The molecule has 0 bridgehead atoms. The average Bonchev–Trinajstić information content (AvgIpc) is 2.14. The molecule has 0 fully saturated rings. The average molecular weight is 196 g/mol. The molecule has 1 aromatic rings. The molecule has 14 heavy (non-hydrogen) atoms. The number of ether oxygens (including phenoxy) is 1. The van der Waals surface area contributed by atoms with Gasteiger partial charge in [0.25, 0.3) is 0 Å². The Labute approximate surface area is 81.8 Å². The molecule has 0 spiro atoms. The molecule has 0 saturated heterocycles. The second kappa shape index (κ2) is 4.62. The van der Waals surface area contributed by atoms with Crippen LogP contribution in [0.25, 0.3) is 0 Å². The van der Waals surface area contributed by atoms with E-state index in [1.165, 1.54) is 6.07 Å². The summed E-state index contributed by atoms with van der Waals surface area (Å²) in [4.78, 5) is 10.8. The summed E-state index contributed by atoms with van der Waals surface area (Å²) < 4.78 is 5.10. The quantitative estimate of drug-likeness (QED) is 0.755. The summed E-state index contributed by atoms with van der Waals surface area (Å²) in [6.07, 6.45) is 0. The molecule has 4 heteroatoms. The first-order chi connectivity index (χ1) is 6.65. The Morgan fingerprint density at radius 3 is 2.79 bits per heavy atom. The van der Waals surface area contributed by atoms with Gasteiger partial charge < -0.3 is 14.9 Å². The predicted molar refractivity (Wildman–Crippen MR) is 50.7 cm³/mol. The van der Waals surface area contributed by atoms with E-state index < -0.39 is 5.97 Å². The molecule has 0 heterocycles. The zero-order chi connectivity index (χ0) is 10.6. The minimum absolute atomic E-state index is 0.101. The maximum atomic E-state index is 10.8. The lowest BCUT2D eigenvalue weighted by molar-refractivity contribution is 0.0691. The third-order valence-corrected chi connectivity index (χ3v) is 1.72. The molecule has 2 N–H and O–H groups in total. The van der Waals surface area contributed by atoms with E-state index in [0.717, 1.165) is 5.56 Å². The number of aliphatic hydroxyl groups excluding tert-OH is 1. The molecular weight excluding hydrogens is 184 g/mol. The highest BCUT2D eigenvalue weighted by Crippen LogP contribution is 2.20. The van der Waals surface area contributed by atoms with Crippen LogP contribution in [-0.4, -0.2) is 29.4 Å². The summed E-state index contributed by atoms with van der Waals surface area (Å²) >= 11 is 0. The molecule has 0 atom stereocenters. The van der Waals surface area contributed by atoms with Crippen LogP contribution in [0.4, 0.5) is 0 Å². The number of aromatic carboxylic acids is 1. The molecule has 0 radical (unpaired) electrons. The smallest absolute Gasteiger partial charge is 0.339 e. The first-order valence-electron chi connectivity index (χ1n) is 4.22. The number of hydrogen-bond acceptors (Lipinski definition) is 3. The van der Waals surface area contributed by atoms with E-state index in [4.69, 9.17) is 14.9 Å². The van der Waals surface area contributed by atoms with Crippen molar-refractivity contribution in [2.75, 3.05) is 13.2 Å². The normalized spacial score (nSPS) is 9.86. The Morgan fingerprint density at radius 2 is 2.21 bits per heavy atom. The molecule has 1 aromatic carbocycles. The number of rotatable bonds is 4. The number of hydrogen-bond donors (Lipinski definition) is 2. The molecule has 1 rings (SSSR count). The molecule has 0 aromatic heterocycles. The largest absolute Gasteiger partial charge is 0.490 e. The highest BCUT2D eigenvalue weighted by Gasteiger charge is 2.10. The van der Waals surface area contributed by atoms with Crippen molar-refractivity contribution in [1.29, 1.82) is 0 Å². The standard InChI is InChI=1S/C10H12O4/c1-7-2-3-8(10(12)13)9(6-7)14-5-4-11/h2-3,6,11H,4-5H2,1H3,(H,12,13). The lowest BCUT2D eigenvalue weighted by atomic mass is 10.1. The maximum absolute atomic E-state index is 10.8. The van der Waals surface area contributed by atoms with Crippen molar-refractivity contribution >= 4 is 5.97 Å².